The number of hydrogen-bond acceptors (Lipinski definition) is 7. The maximum Gasteiger partial charge on any atom is 0.328 e. The molecule has 1 saturated heterocycles. The van der Waals surface area contributed by atoms with Gasteiger partial charge in [0.1, 0.15) is 18.2 Å². The highest BCUT2D eigenvalue weighted by atomic mass is 16.5. The van der Waals surface area contributed by atoms with Crippen molar-refractivity contribution in [2.75, 3.05) is 19.6 Å². The third-order valence-electron chi connectivity index (χ3n) is 15.7. The molecule has 2 N–H and O–H groups in total. The van der Waals surface area contributed by atoms with Crippen LogP contribution >= 0.6 is 0 Å². The van der Waals surface area contributed by atoms with E-state index in [9.17, 15) is 19.2 Å². The lowest BCUT2D eigenvalue weighted by Gasteiger charge is -2.35. The minimum atomic E-state index is -1.01. The molecule has 2 amide bonds. The Balaban J connectivity index is 3.01. The van der Waals surface area contributed by atoms with Crippen molar-refractivity contribution in [2.45, 2.75) is 354 Å². The molecule has 1 rings (SSSR count). The minimum absolute atomic E-state index is 0.00148. The highest BCUT2D eigenvalue weighted by Crippen LogP contribution is 2.22. The zero-order valence-corrected chi connectivity index (χ0v) is 50.2. The molecule has 1 aliphatic rings. The molecular weight excluding hydrogens is 931 g/mol. The first-order valence-corrected chi connectivity index (χ1v) is 32.8. The number of piperidine rings is 1. The van der Waals surface area contributed by atoms with E-state index in [1.807, 2.05) is 0 Å². The number of nitrogens with one attached hydrogen (secondary N) is 2. The van der Waals surface area contributed by atoms with Crippen LogP contribution in [0.25, 0.3) is 0 Å². The molecule has 9 nitrogen and oxygen atoms in total. The van der Waals surface area contributed by atoms with Gasteiger partial charge in [-0.05, 0) is 109 Å². The van der Waals surface area contributed by atoms with Crippen molar-refractivity contribution >= 4 is 23.8 Å². The van der Waals surface area contributed by atoms with Gasteiger partial charge < -0.3 is 20.1 Å². The van der Waals surface area contributed by atoms with Gasteiger partial charge in [-0.3, -0.25) is 19.3 Å². The van der Waals surface area contributed by atoms with E-state index in [0.29, 0.717) is 12.6 Å². The summed E-state index contributed by atoms with van der Waals surface area (Å²) >= 11 is 0. The van der Waals surface area contributed by atoms with E-state index >= 15 is 0 Å². The number of amides is 2. The fourth-order valence-electron chi connectivity index (χ4n) is 10.8. The van der Waals surface area contributed by atoms with Gasteiger partial charge in [-0.2, -0.15) is 0 Å². The van der Waals surface area contributed by atoms with Crippen molar-refractivity contribution in [1.29, 1.82) is 0 Å². The van der Waals surface area contributed by atoms with Crippen molar-refractivity contribution in [3.05, 3.63) is 24.3 Å². The monoisotopic (exact) mass is 1050 g/mol. The molecule has 0 bridgehead atoms. The Labute approximate surface area is 464 Å². The minimum Gasteiger partial charge on any atom is -0.462 e. The summed E-state index contributed by atoms with van der Waals surface area (Å²) in [5.41, 5.74) is 0. The van der Waals surface area contributed by atoms with E-state index in [2.05, 4.69) is 74.5 Å². The van der Waals surface area contributed by atoms with E-state index in [1.54, 1.807) is 0 Å². The lowest BCUT2D eigenvalue weighted by Crippen LogP contribution is -2.44. The van der Waals surface area contributed by atoms with Gasteiger partial charge in [0.05, 0.1) is 0 Å². The molecule has 1 heterocycles. The van der Waals surface area contributed by atoms with Crippen LogP contribution in [0, 0.1) is 0 Å². The van der Waals surface area contributed by atoms with Crippen LogP contribution < -0.4 is 10.6 Å². The summed E-state index contributed by atoms with van der Waals surface area (Å²) in [4.78, 5) is 57.0. The first-order valence-electron chi connectivity index (χ1n) is 32.8. The molecule has 9 heteroatoms. The molecule has 0 spiro atoms. The van der Waals surface area contributed by atoms with Crippen molar-refractivity contribution in [1.82, 2.24) is 15.5 Å². The molecule has 0 aliphatic carbocycles. The molecule has 1 fully saturated rings. The van der Waals surface area contributed by atoms with Crippen LogP contribution in [0.5, 0.6) is 0 Å². The largest absolute Gasteiger partial charge is 0.462 e. The first kappa shape index (κ1) is 70.3. The molecule has 75 heavy (non-hydrogen) atoms. The molecular formula is C66H123N3O6. The van der Waals surface area contributed by atoms with Crippen molar-refractivity contribution in [3.63, 3.8) is 0 Å². The number of allylic oxidation sites excluding steroid dienone is 4. The Hall–Kier alpha value is -2.68. The highest BCUT2D eigenvalue weighted by molar-refractivity contribution is 5.87. The lowest BCUT2D eigenvalue weighted by atomic mass is 10.0. The van der Waals surface area contributed by atoms with E-state index in [-0.39, 0.29) is 55.7 Å². The fourth-order valence-corrected chi connectivity index (χ4v) is 10.8. The summed E-state index contributed by atoms with van der Waals surface area (Å²) in [6, 6.07) is -0.438. The van der Waals surface area contributed by atoms with Gasteiger partial charge in [0.2, 0.25) is 11.8 Å². The average Bonchev–Trinajstić information content (AvgIpc) is 3.41. The molecule has 0 aromatic carbocycles. The molecule has 0 saturated carbocycles. The van der Waals surface area contributed by atoms with Gasteiger partial charge >= 0.3 is 11.9 Å². The third kappa shape index (κ3) is 43.9. The number of carbonyl (C=O) groups excluding carboxylic acids is 4. The predicted octanol–water partition coefficient (Wildman–Crippen LogP) is 18.3. The first-order chi connectivity index (χ1) is 36.8. The summed E-state index contributed by atoms with van der Waals surface area (Å²) in [5, 5.41) is 5.95. The van der Waals surface area contributed by atoms with Crippen LogP contribution in [0.4, 0.5) is 0 Å². The quantitative estimate of drug-likeness (QED) is 0.0354. The van der Waals surface area contributed by atoms with Gasteiger partial charge in [-0.25, -0.2) is 4.79 Å². The second-order valence-electron chi connectivity index (χ2n) is 22.7. The zero-order valence-electron chi connectivity index (χ0n) is 50.2. The molecule has 4 unspecified atom stereocenters. The Bertz CT molecular complexity index is 1390. The summed E-state index contributed by atoms with van der Waals surface area (Å²) in [7, 11) is 0. The maximum atomic E-state index is 14.2. The van der Waals surface area contributed by atoms with Crippen LogP contribution in [-0.4, -0.2) is 72.6 Å². The van der Waals surface area contributed by atoms with Gasteiger partial charge in [-0.15, -0.1) is 0 Å². The van der Waals surface area contributed by atoms with Gasteiger partial charge in [0, 0.05) is 38.4 Å². The summed E-state index contributed by atoms with van der Waals surface area (Å²) in [5.74, 6) is -1.38. The predicted molar refractivity (Wildman–Crippen MR) is 319 cm³/mol. The summed E-state index contributed by atoms with van der Waals surface area (Å²) in [6.45, 7) is 13.7. The molecule has 438 valence electrons. The van der Waals surface area contributed by atoms with Crippen LogP contribution in [-0.2, 0) is 28.7 Å². The number of rotatable bonds is 54. The second-order valence-corrected chi connectivity index (χ2v) is 22.7. The Morgan fingerprint density at radius 3 is 1.37 bits per heavy atom. The second kappa shape index (κ2) is 53.3. The van der Waals surface area contributed by atoms with E-state index in [4.69, 9.17) is 9.47 Å². The topological polar surface area (TPSA) is 114 Å². The number of unbranched alkanes of at least 4 members (excludes halogenated alkanes) is 28. The van der Waals surface area contributed by atoms with Crippen LogP contribution in [0.1, 0.15) is 330 Å². The lowest BCUT2D eigenvalue weighted by molar-refractivity contribution is -0.155. The van der Waals surface area contributed by atoms with Crippen LogP contribution in [0.2, 0.25) is 0 Å². The van der Waals surface area contributed by atoms with Crippen molar-refractivity contribution in [3.8, 4) is 0 Å². The van der Waals surface area contributed by atoms with Crippen molar-refractivity contribution < 1.29 is 28.7 Å². The summed E-state index contributed by atoms with van der Waals surface area (Å²) in [6.07, 6.45) is 58.2. The average molecular weight is 1050 g/mol. The van der Waals surface area contributed by atoms with E-state index < -0.39 is 12.0 Å². The number of ether oxygens (including phenoxy) is 2. The third-order valence-corrected chi connectivity index (χ3v) is 15.7. The molecule has 0 aromatic rings. The number of esters is 2. The fraction of sp³-hybridized carbons (Fsp3) is 0.879. The van der Waals surface area contributed by atoms with E-state index in [1.165, 1.54) is 186 Å². The van der Waals surface area contributed by atoms with Gasteiger partial charge in [0.25, 0.3) is 0 Å². The number of nitrogens with zero attached hydrogens (tertiary/aromatic N) is 1. The highest BCUT2D eigenvalue weighted by Gasteiger charge is 2.27. The smallest absolute Gasteiger partial charge is 0.328 e. The van der Waals surface area contributed by atoms with Crippen LogP contribution in [0.3, 0.4) is 0 Å². The summed E-state index contributed by atoms with van der Waals surface area (Å²) < 4.78 is 12.5. The van der Waals surface area contributed by atoms with Crippen LogP contribution in [0.15, 0.2) is 24.3 Å². The normalized spacial score (nSPS) is 15.3. The number of likely N-dealkylation sites (tertiary alicyclic amines) is 1. The van der Waals surface area contributed by atoms with Gasteiger partial charge in [0.15, 0.2) is 0 Å². The number of hydrogen-bond donors (Lipinski definition) is 2. The zero-order chi connectivity index (χ0) is 54.5. The number of carbonyl (C=O) groups is 4. The molecule has 1 aliphatic heterocycles. The molecule has 0 aromatic heterocycles. The Morgan fingerprint density at radius 1 is 0.467 bits per heavy atom. The maximum absolute atomic E-state index is 14.2. The Morgan fingerprint density at radius 2 is 0.893 bits per heavy atom. The molecule has 4 atom stereocenters. The standard InChI is InChI=1S/C66H123N3O6/c1-6-11-15-19-23-25-27-29-31-35-39-42-49-60(48-41-37-33-21-17-13-8-3)74-65(72)55-52-62(68-64(71)54-53-63(70)67-56-58-69-57-46-45-47-59(69)10-5)66(73)75-61(50-43-38-34-22-18-14-9-4)51-44-40-36-32-30-28-26-24-20-16-12-7-2/h33-34,37-38,59-62H,6-32,35-36,39-58H2,1-5H3,(H,67,70)(H,68,71)/b37-33-,38-34-. The van der Waals surface area contributed by atoms with Gasteiger partial charge in [-0.1, -0.05) is 232 Å². The van der Waals surface area contributed by atoms with E-state index in [0.717, 1.165) is 96.6 Å². The SMILES string of the molecule is CCCCC/C=C\CCC(CCCCCCCCCCCCCC)OC(=O)CCC(NC(=O)CCC(=O)NCCN1CCCCC1CC)C(=O)OC(CC/C=C\CCCCC)CCCCCCCCCCCCCC. The molecule has 0 radical (unpaired) electrons. The van der Waals surface area contributed by atoms with Crippen molar-refractivity contribution in [2.24, 2.45) is 0 Å². The Kier molecular flexibility index (Phi) is 50.0.